The Balaban J connectivity index is 1.93. The number of carbonyl (C=O) groups is 1. The van der Waals surface area contributed by atoms with Crippen LogP contribution in [0.1, 0.15) is 12.8 Å². The van der Waals surface area contributed by atoms with Gasteiger partial charge in [-0.15, -0.1) is 0 Å². The number of amides is 1. The Morgan fingerprint density at radius 3 is 2.95 bits per heavy atom. The minimum absolute atomic E-state index is 0.00324. The van der Waals surface area contributed by atoms with Gasteiger partial charge in [-0.3, -0.25) is 4.79 Å². The van der Waals surface area contributed by atoms with Gasteiger partial charge >= 0.3 is 0 Å². The highest BCUT2D eigenvalue weighted by Gasteiger charge is 2.28. The molecule has 19 heavy (non-hydrogen) atoms. The van der Waals surface area contributed by atoms with Crippen molar-refractivity contribution in [1.29, 1.82) is 0 Å². The van der Waals surface area contributed by atoms with Crippen molar-refractivity contribution >= 4 is 37.8 Å². The van der Waals surface area contributed by atoms with Gasteiger partial charge in [0.05, 0.1) is 17.1 Å². The molecular formula is C13H15Br2NO3. The van der Waals surface area contributed by atoms with E-state index in [1.807, 2.05) is 12.1 Å². The molecule has 6 heteroatoms. The van der Waals surface area contributed by atoms with Gasteiger partial charge in [0.15, 0.2) is 6.61 Å². The van der Waals surface area contributed by atoms with Crippen molar-refractivity contribution in [1.82, 2.24) is 4.90 Å². The highest BCUT2D eigenvalue weighted by Crippen LogP contribution is 2.28. The summed E-state index contributed by atoms with van der Waals surface area (Å²) < 4.78 is 7.26. The molecule has 1 heterocycles. The highest BCUT2D eigenvalue weighted by atomic mass is 79.9. The molecular weight excluding hydrogens is 378 g/mol. The molecule has 0 unspecified atom stereocenters. The van der Waals surface area contributed by atoms with Gasteiger partial charge < -0.3 is 14.7 Å². The lowest BCUT2D eigenvalue weighted by atomic mass is 10.2. The second-order valence-electron chi connectivity index (χ2n) is 4.43. The maximum absolute atomic E-state index is 12.0. The van der Waals surface area contributed by atoms with Gasteiger partial charge in [-0.25, -0.2) is 0 Å². The van der Waals surface area contributed by atoms with Crippen molar-refractivity contribution in [2.75, 3.05) is 19.8 Å². The molecule has 1 amide bonds. The average molecular weight is 393 g/mol. The van der Waals surface area contributed by atoms with Gasteiger partial charge in [-0.05, 0) is 47.0 Å². The maximum Gasteiger partial charge on any atom is 0.260 e. The number of benzene rings is 1. The van der Waals surface area contributed by atoms with Crippen LogP contribution in [-0.2, 0) is 4.79 Å². The van der Waals surface area contributed by atoms with Gasteiger partial charge in [-0.2, -0.15) is 0 Å². The normalized spacial score (nSPS) is 18.7. The van der Waals surface area contributed by atoms with Crippen LogP contribution in [0.2, 0.25) is 0 Å². The zero-order valence-corrected chi connectivity index (χ0v) is 13.5. The van der Waals surface area contributed by atoms with E-state index in [2.05, 4.69) is 31.9 Å². The number of aliphatic hydroxyl groups excluding tert-OH is 1. The SMILES string of the molecule is O=C(COc1ccc(Br)cc1Br)N1CCC[C@@H]1CO. The third-order valence-corrected chi connectivity index (χ3v) is 4.27. The second-order valence-corrected chi connectivity index (χ2v) is 6.20. The molecule has 1 saturated heterocycles. The van der Waals surface area contributed by atoms with E-state index in [9.17, 15) is 9.90 Å². The van der Waals surface area contributed by atoms with Crippen LogP contribution in [0.15, 0.2) is 27.1 Å². The quantitative estimate of drug-likeness (QED) is 0.856. The first-order chi connectivity index (χ1) is 9.11. The summed E-state index contributed by atoms with van der Waals surface area (Å²) in [6.07, 6.45) is 1.81. The fraction of sp³-hybridized carbons (Fsp3) is 0.462. The monoisotopic (exact) mass is 391 g/mol. The first-order valence-electron chi connectivity index (χ1n) is 6.10. The zero-order chi connectivity index (χ0) is 13.8. The first kappa shape index (κ1) is 14.8. The average Bonchev–Trinajstić information content (AvgIpc) is 2.85. The van der Waals surface area contributed by atoms with Gasteiger partial charge in [0.25, 0.3) is 5.91 Å². The minimum Gasteiger partial charge on any atom is -0.483 e. The fourth-order valence-corrected chi connectivity index (χ4v) is 3.33. The van der Waals surface area contributed by atoms with Gasteiger partial charge in [0, 0.05) is 11.0 Å². The van der Waals surface area contributed by atoms with Crippen LogP contribution in [0.5, 0.6) is 5.75 Å². The number of aliphatic hydroxyl groups is 1. The predicted octanol–water partition coefficient (Wildman–Crippen LogP) is 2.57. The Hall–Kier alpha value is -0.590. The van der Waals surface area contributed by atoms with E-state index in [1.165, 1.54) is 0 Å². The molecule has 104 valence electrons. The van der Waals surface area contributed by atoms with E-state index in [-0.39, 0.29) is 25.2 Å². The van der Waals surface area contributed by atoms with E-state index in [0.717, 1.165) is 21.8 Å². The summed E-state index contributed by atoms with van der Waals surface area (Å²) in [5.41, 5.74) is 0. The number of rotatable bonds is 4. The Morgan fingerprint density at radius 2 is 2.26 bits per heavy atom. The fourth-order valence-electron chi connectivity index (χ4n) is 2.17. The summed E-state index contributed by atoms with van der Waals surface area (Å²) >= 11 is 6.75. The number of ether oxygens (including phenoxy) is 1. The van der Waals surface area contributed by atoms with E-state index in [0.29, 0.717) is 12.3 Å². The van der Waals surface area contributed by atoms with Crippen LogP contribution < -0.4 is 4.74 Å². The van der Waals surface area contributed by atoms with E-state index in [1.54, 1.807) is 11.0 Å². The summed E-state index contributed by atoms with van der Waals surface area (Å²) in [5, 5.41) is 9.20. The maximum atomic E-state index is 12.0. The van der Waals surface area contributed by atoms with Crippen molar-refractivity contribution in [2.45, 2.75) is 18.9 Å². The second kappa shape index (κ2) is 6.72. The summed E-state index contributed by atoms with van der Waals surface area (Å²) in [4.78, 5) is 13.7. The largest absolute Gasteiger partial charge is 0.483 e. The number of carbonyl (C=O) groups excluding carboxylic acids is 1. The van der Waals surface area contributed by atoms with Crippen LogP contribution in [0.25, 0.3) is 0 Å². The van der Waals surface area contributed by atoms with Crippen LogP contribution in [-0.4, -0.2) is 41.7 Å². The molecule has 1 aromatic rings. The number of halogens is 2. The highest BCUT2D eigenvalue weighted by molar-refractivity contribution is 9.11. The van der Waals surface area contributed by atoms with Gasteiger partial charge in [0.1, 0.15) is 5.75 Å². The summed E-state index contributed by atoms with van der Waals surface area (Å²) in [6.45, 7) is 0.722. The van der Waals surface area contributed by atoms with Gasteiger partial charge in [-0.1, -0.05) is 15.9 Å². The summed E-state index contributed by atoms with van der Waals surface area (Å²) in [7, 11) is 0. The molecule has 1 aliphatic heterocycles. The number of hydrogen-bond donors (Lipinski definition) is 1. The zero-order valence-electron chi connectivity index (χ0n) is 10.3. The number of likely N-dealkylation sites (tertiary alicyclic amines) is 1. The number of nitrogens with zero attached hydrogens (tertiary/aromatic N) is 1. The third kappa shape index (κ3) is 3.70. The lowest BCUT2D eigenvalue weighted by molar-refractivity contribution is -0.134. The van der Waals surface area contributed by atoms with Crippen molar-refractivity contribution in [3.8, 4) is 5.75 Å². The van der Waals surface area contributed by atoms with Crippen LogP contribution in [0.4, 0.5) is 0 Å². The standard InChI is InChI=1S/C13H15Br2NO3/c14-9-3-4-12(11(15)6-9)19-8-13(18)16-5-1-2-10(16)7-17/h3-4,6,10,17H,1-2,5,7-8H2/t10-/m1/s1. The van der Waals surface area contributed by atoms with Crippen LogP contribution in [0, 0.1) is 0 Å². The lowest BCUT2D eigenvalue weighted by Gasteiger charge is -2.23. The Labute approximate surface area is 129 Å². The molecule has 1 aromatic carbocycles. The van der Waals surface area contributed by atoms with Crippen LogP contribution in [0.3, 0.4) is 0 Å². The molecule has 0 aromatic heterocycles. The molecule has 1 fully saturated rings. The molecule has 2 rings (SSSR count). The molecule has 0 aliphatic carbocycles. The van der Waals surface area contributed by atoms with Gasteiger partial charge in [0.2, 0.25) is 0 Å². The van der Waals surface area contributed by atoms with E-state index < -0.39 is 0 Å². The van der Waals surface area contributed by atoms with Crippen molar-refractivity contribution in [2.24, 2.45) is 0 Å². The molecule has 1 N–H and O–H groups in total. The van der Waals surface area contributed by atoms with Crippen molar-refractivity contribution in [3.63, 3.8) is 0 Å². The molecule has 0 saturated carbocycles. The molecule has 0 radical (unpaired) electrons. The smallest absolute Gasteiger partial charge is 0.260 e. The summed E-state index contributed by atoms with van der Waals surface area (Å²) in [6, 6.07) is 5.47. The van der Waals surface area contributed by atoms with E-state index >= 15 is 0 Å². The Kier molecular flexibility index (Phi) is 5.24. The molecule has 0 spiro atoms. The summed E-state index contributed by atoms with van der Waals surface area (Å²) in [5.74, 6) is 0.558. The first-order valence-corrected chi connectivity index (χ1v) is 7.68. The lowest BCUT2D eigenvalue weighted by Crippen LogP contribution is -2.40. The molecule has 0 bridgehead atoms. The molecule has 1 aliphatic rings. The molecule has 1 atom stereocenters. The number of hydrogen-bond acceptors (Lipinski definition) is 3. The van der Waals surface area contributed by atoms with Crippen molar-refractivity contribution in [3.05, 3.63) is 27.1 Å². The topological polar surface area (TPSA) is 49.8 Å². The Morgan fingerprint density at radius 1 is 1.47 bits per heavy atom. The third-order valence-electron chi connectivity index (χ3n) is 3.15. The Bertz CT molecular complexity index is 467. The van der Waals surface area contributed by atoms with E-state index in [4.69, 9.17) is 4.74 Å². The minimum atomic E-state index is -0.0774. The van der Waals surface area contributed by atoms with Crippen LogP contribution >= 0.6 is 31.9 Å². The van der Waals surface area contributed by atoms with Crippen molar-refractivity contribution < 1.29 is 14.6 Å². The molecule has 4 nitrogen and oxygen atoms in total. The predicted molar refractivity (Wildman–Crippen MR) is 79.2 cm³/mol.